The summed E-state index contributed by atoms with van der Waals surface area (Å²) in [7, 11) is 0. The molecule has 29 heavy (non-hydrogen) atoms. The van der Waals surface area contributed by atoms with E-state index in [2.05, 4.69) is 20.6 Å². The van der Waals surface area contributed by atoms with Crippen molar-refractivity contribution in [3.63, 3.8) is 0 Å². The summed E-state index contributed by atoms with van der Waals surface area (Å²) in [5, 5.41) is 11.1. The Labute approximate surface area is 169 Å². The van der Waals surface area contributed by atoms with Crippen molar-refractivity contribution in [3.05, 3.63) is 47.9 Å². The molecule has 2 N–H and O–H groups in total. The van der Waals surface area contributed by atoms with Gasteiger partial charge in [-0.1, -0.05) is 12.1 Å². The number of nitrogens with one attached hydrogen (secondary N) is 2. The van der Waals surface area contributed by atoms with Crippen LogP contribution >= 0.6 is 0 Å². The number of aromatic nitrogens is 4. The number of nitrogens with zero attached hydrogens (tertiary/aromatic N) is 4. The second-order valence-electron chi connectivity index (χ2n) is 7.13. The Kier molecular flexibility index (Phi) is 6.00. The Morgan fingerprint density at radius 3 is 2.86 bits per heavy atom. The minimum absolute atomic E-state index is 0.0167. The predicted octanol–water partition coefficient (Wildman–Crippen LogP) is 1.66. The highest BCUT2D eigenvalue weighted by atomic mass is 16.5. The molecule has 0 bridgehead atoms. The van der Waals surface area contributed by atoms with Crippen LogP contribution in [0.4, 0.5) is 0 Å². The maximum atomic E-state index is 12.3. The first kappa shape index (κ1) is 19.3. The van der Waals surface area contributed by atoms with Gasteiger partial charge in [-0.25, -0.2) is 14.6 Å². The minimum atomic E-state index is -0.0167. The van der Waals surface area contributed by atoms with Crippen molar-refractivity contribution in [2.45, 2.75) is 32.2 Å². The van der Waals surface area contributed by atoms with Gasteiger partial charge < -0.3 is 15.4 Å². The molecule has 1 fully saturated rings. The molecule has 1 aliphatic heterocycles. The molecule has 8 nitrogen and oxygen atoms in total. The number of carbonyl (C=O) groups excluding carboxylic acids is 1. The summed E-state index contributed by atoms with van der Waals surface area (Å²) in [5.41, 5.74) is 3.59. The highest BCUT2D eigenvalue weighted by Gasteiger charge is 2.24. The fourth-order valence-electron chi connectivity index (χ4n) is 3.66. The van der Waals surface area contributed by atoms with E-state index in [1.54, 1.807) is 12.4 Å². The van der Waals surface area contributed by atoms with Crippen LogP contribution in [0, 0.1) is 0 Å². The Morgan fingerprint density at radius 1 is 1.28 bits per heavy atom. The zero-order chi connectivity index (χ0) is 20.1. The van der Waals surface area contributed by atoms with E-state index in [0.717, 1.165) is 47.7 Å². The molecule has 1 aromatic carbocycles. The number of carbonyl (C=O) groups is 1. The molecule has 0 saturated carbocycles. The average molecular weight is 394 g/mol. The van der Waals surface area contributed by atoms with Gasteiger partial charge in [0.15, 0.2) is 5.65 Å². The maximum Gasteiger partial charge on any atom is 0.224 e. The normalized spacial score (nSPS) is 16.2. The summed E-state index contributed by atoms with van der Waals surface area (Å²) < 4.78 is 7.28. The molecule has 1 aliphatic rings. The van der Waals surface area contributed by atoms with Crippen molar-refractivity contribution < 1.29 is 9.53 Å². The van der Waals surface area contributed by atoms with Crippen molar-refractivity contribution in [1.82, 2.24) is 30.4 Å². The summed E-state index contributed by atoms with van der Waals surface area (Å²) in [5.74, 6) is 1.17. The molecule has 3 aromatic rings. The number of benzene rings is 1. The lowest BCUT2D eigenvalue weighted by Crippen LogP contribution is -2.29. The number of hydrogen-bond acceptors (Lipinski definition) is 6. The minimum Gasteiger partial charge on any atom is -0.494 e. The van der Waals surface area contributed by atoms with Gasteiger partial charge in [-0.15, -0.1) is 0 Å². The van der Waals surface area contributed by atoms with E-state index in [0.29, 0.717) is 32.0 Å². The highest BCUT2D eigenvalue weighted by molar-refractivity contribution is 5.78. The quantitative estimate of drug-likeness (QED) is 0.604. The monoisotopic (exact) mass is 394 g/mol. The van der Waals surface area contributed by atoms with E-state index in [1.165, 1.54) is 0 Å². The second kappa shape index (κ2) is 9.00. The van der Waals surface area contributed by atoms with Gasteiger partial charge >= 0.3 is 0 Å². The molecule has 1 amide bonds. The lowest BCUT2D eigenvalue weighted by Gasteiger charge is -2.07. The molecular weight excluding hydrogens is 368 g/mol. The topological polar surface area (TPSA) is 94.0 Å². The zero-order valence-corrected chi connectivity index (χ0v) is 16.6. The van der Waals surface area contributed by atoms with Gasteiger partial charge in [-0.05, 0) is 37.6 Å². The number of ether oxygens (including phenoxy) is 1. The molecule has 1 atom stereocenters. The zero-order valence-electron chi connectivity index (χ0n) is 16.6. The third-order valence-electron chi connectivity index (χ3n) is 5.09. The molecule has 1 saturated heterocycles. The third-order valence-corrected chi connectivity index (χ3v) is 5.09. The van der Waals surface area contributed by atoms with E-state index in [1.807, 2.05) is 35.9 Å². The number of rotatable bonds is 8. The summed E-state index contributed by atoms with van der Waals surface area (Å²) in [6, 6.07) is 7.62. The lowest BCUT2D eigenvalue weighted by molar-refractivity contribution is -0.120. The highest BCUT2D eigenvalue weighted by Crippen LogP contribution is 2.26. The van der Waals surface area contributed by atoms with Crippen molar-refractivity contribution in [2.24, 2.45) is 0 Å². The SMILES string of the molecule is CCOc1ccc(CC(=O)NCCn2nc(C3CCNC3)c3nccnc32)cc1. The van der Waals surface area contributed by atoms with Crippen LogP contribution in [0.2, 0.25) is 0 Å². The van der Waals surface area contributed by atoms with Gasteiger partial charge in [0.25, 0.3) is 0 Å². The molecule has 3 heterocycles. The first-order chi connectivity index (χ1) is 14.2. The summed E-state index contributed by atoms with van der Waals surface area (Å²) in [6.07, 6.45) is 4.78. The molecule has 152 valence electrons. The van der Waals surface area contributed by atoms with E-state index in [4.69, 9.17) is 9.84 Å². The Balaban J connectivity index is 1.35. The van der Waals surface area contributed by atoms with Crippen LogP contribution in [-0.2, 0) is 17.8 Å². The van der Waals surface area contributed by atoms with Crippen molar-refractivity contribution in [1.29, 1.82) is 0 Å². The summed E-state index contributed by atoms with van der Waals surface area (Å²) >= 11 is 0. The molecule has 0 spiro atoms. The first-order valence-corrected chi connectivity index (χ1v) is 10.1. The van der Waals surface area contributed by atoms with E-state index >= 15 is 0 Å². The summed E-state index contributed by atoms with van der Waals surface area (Å²) in [4.78, 5) is 21.2. The third kappa shape index (κ3) is 4.54. The Hall–Kier alpha value is -3.00. The lowest BCUT2D eigenvalue weighted by atomic mass is 10.0. The molecule has 2 aromatic heterocycles. The fourth-order valence-corrected chi connectivity index (χ4v) is 3.66. The van der Waals surface area contributed by atoms with E-state index < -0.39 is 0 Å². The van der Waals surface area contributed by atoms with E-state index in [9.17, 15) is 4.79 Å². The van der Waals surface area contributed by atoms with Crippen LogP contribution in [0.5, 0.6) is 5.75 Å². The summed E-state index contributed by atoms with van der Waals surface area (Å²) in [6.45, 7) is 5.55. The van der Waals surface area contributed by atoms with Gasteiger partial charge in [0.05, 0.1) is 25.3 Å². The Morgan fingerprint density at radius 2 is 2.10 bits per heavy atom. The maximum absolute atomic E-state index is 12.3. The van der Waals surface area contributed by atoms with Gasteiger partial charge in [0.1, 0.15) is 11.3 Å². The standard InChI is InChI=1S/C21H26N6O2/c1-2-29-17-5-3-15(4-6-17)13-18(28)23-11-12-27-21-20(24-9-10-25-21)19(26-27)16-7-8-22-14-16/h3-6,9-10,16,22H,2,7-8,11-14H2,1H3,(H,23,28). The van der Waals surface area contributed by atoms with Crippen molar-refractivity contribution >= 4 is 17.1 Å². The predicted molar refractivity (Wildman–Crippen MR) is 110 cm³/mol. The first-order valence-electron chi connectivity index (χ1n) is 10.1. The number of hydrogen-bond donors (Lipinski definition) is 2. The Bertz CT molecular complexity index is 963. The van der Waals surface area contributed by atoms with Gasteiger partial charge in [0.2, 0.25) is 5.91 Å². The van der Waals surface area contributed by atoms with E-state index in [-0.39, 0.29) is 5.91 Å². The van der Waals surface area contributed by atoms with Crippen LogP contribution in [0.1, 0.15) is 30.5 Å². The van der Waals surface area contributed by atoms with Crippen molar-refractivity contribution in [3.8, 4) is 5.75 Å². The molecule has 1 unspecified atom stereocenters. The van der Waals surface area contributed by atoms with Crippen LogP contribution in [0.25, 0.3) is 11.2 Å². The molecule has 0 radical (unpaired) electrons. The smallest absolute Gasteiger partial charge is 0.224 e. The second-order valence-corrected chi connectivity index (χ2v) is 7.13. The number of fused-ring (bicyclic) bond motifs is 1. The average Bonchev–Trinajstić information content (AvgIpc) is 3.38. The van der Waals surface area contributed by atoms with Crippen LogP contribution in [0.3, 0.4) is 0 Å². The van der Waals surface area contributed by atoms with Gasteiger partial charge in [-0.2, -0.15) is 5.10 Å². The van der Waals surface area contributed by atoms with Gasteiger partial charge in [-0.3, -0.25) is 4.79 Å². The number of amides is 1. The van der Waals surface area contributed by atoms with Crippen LogP contribution in [0.15, 0.2) is 36.7 Å². The molecule has 0 aliphatic carbocycles. The van der Waals surface area contributed by atoms with Crippen molar-refractivity contribution in [2.75, 3.05) is 26.2 Å². The molecule has 8 heteroatoms. The molecular formula is C21H26N6O2. The van der Waals surface area contributed by atoms with Crippen LogP contribution < -0.4 is 15.4 Å². The largest absolute Gasteiger partial charge is 0.494 e. The van der Waals surface area contributed by atoms with Gasteiger partial charge in [0, 0.05) is 31.4 Å². The molecule has 4 rings (SSSR count). The van der Waals surface area contributed by atoms with Crippen LogP contribution in [-0.4, -0.2) is 51.9 Å². The fraction of sp³-hybridized carbons (Fsp3) is 0.429.